The molecule has 2 rings (SSSR count). The third kappa shape index (κ3) is 2.99. The maximum absolute atomic E-state index is 10.5. The fourth-order valence-electron chi connectivity index (χ4n) is 1.52. The van der Waals surface area contributed by atoms with Gasteiger partial charge in [0.05, 0.1) is 5.39 Å². The van der Waals surface area contributed by atoms with E-state index in [1.807, 2.05) is 13.0 Å². The molecule has 0 bridgehead atoms. The summed E-state index contributed by atoms with van der Waals surface area (Å²) < 4.78 is 0. The number of nitrogens with zero attached hydrogens (tertiary/aromatic N) is 2. The smallest absolute Gasteiger partial charge is 0.312 e. The van der Waals surface area contributed by atoms with E-state index in [1.54, 1.807) is 11.3 Å². The highest BCUT2D eigenvalue weighted by Crippen LogP contribution is 2.29. The van der Waals surface area contributed by atoms with Crippen molar-refractivity contribution in [1.82, 2.24) is 15.3 Å². The van der Waals surface area contributed by atoms with Crippen LogP contribution in [0.5, 0.6) is 0 Å². The first kappa shape index (κ1) is 12.8. The lowest BCUT2D eigenvalue weighted by Gasteiger charge is -2.07. The highest BCUT2D eigenvalue weighted by atomic mass is 35.5. The van der Waals surface area contributed by atoms with Gasteiger partial charge in [-0.1, -0.05) is 0 Å². The molecule has 0 unspecified atom stereocenters. The van der Waals surface area contributed by atoms with Crippen LogP contribution in [0.2, 0.25) is 5.28 Å². The van der Waals surface area contributed by atoms with Crippen LogP contribution in [0.25, 0.3) is 10.2 Å². The largest absolute Gasteiger partial charge is 0.368 e. The molecule has 0 aliphatic rings. The van der Waals surface area contributed by atoms with Gasteiger partial charge in [-0.3, -0.25) is 0 Å². The average Bonchev–Trinajstić information content (AvgIpc) is 2.64. The normalized spacial score (nSPS) is 10.6. The van der Waals surface area contributed by atoms with Crippen molar-refractivity contribution in [2.24, 2.45) is 5.73 Å². The molecule has 0 aliphatic heterocycles. The number of primary amides is 1. The zero-order valence-electron chi connectivity index (χ0n) is 9.66. The lowest BCUT2D eigenvalue weighted by Crippen LogP contribution is -2.33. The number of halogens is 1. The Balaban J connectivity index is 2.14. The van der Waals surface area contributed by atoms with E-state index in [2.05, 4.69) is 20.6 Å². The summed E-state index contributed by atoms with van der Waals surface area (Å²) >= 11 is 7.41. The number of rotatable bonds is 4. The Hall–Kier alpha value is -1.60. The van der Waals surface area contributed by atoms with Crippen LogP contribution >= 0.6 is 22.9 Å². The maximum Gasteiger partial charge on any atom is 0.312 e. The minimum atomic E-state index is -0.547. The molecule has 8 heteroatoms. The molecule has 18 heavy (non-hydrogen) atoms. The highest BCUT2D eigenvalue weighted by molar-refractivity contribution is 7.18. The molecule has 0 saturated heterocycles. The molecule has 2 amide bonds. The fourth-order valence-corrected chi connectivity index (χ4v) is 2.62. The number of hydrogen-bond acceptors (Lipinski definition) is 5. The van der Waals surface area contributed by atoms with E-state index in [4.69, 9.17) is 17.3 Å². The monoisotopic (exact) mass is 285 g/mol. The second-order valence-electron chi connectivity index (χ2n) is 3.63. The number of nitrogens with two attached hydrogens (primary N) is 1. The highest BCUT2D eigenvalue weighted by Gasteiger charge is 2.09. The van der Waals surface area contributed by atoms with Crippen molar-refractivity contribution in [3.05, 3.63) is 16.2 Å². The van der Waals surface area contributed by atoms with Crippen LogP contribution in [-0.4, -0.2) is 29.1 Å². The first-order chi connectivity index (χ1) is 8.56. The number of carbonyl (C=O) groups is 1. The molecule has 2 heterocycles. The van der Waals surface area contributed by atoms with Gasteiger partial charge >= 0.3 is 6.03 Å². The number of aromatic nitrogens is 2. The van der Waals surface area contributed by atoms with Gasteiger partial charge in [0.2, 0.25) is 5.28 Å². The van der Waals surface area contributed by atoms with Gasteiger partial charge in [-0.15, -0.1) is 11.3 Å². The van der Waals surface area contributed by atoms with Gasteiger partial charge in [0.1, 0.15) is 10.6 Å². The summed E-state index contributed by atoms with van der Waals surface area (Å²) in [6, 6.07) is 1.45. The number of anilines is 1. The standard InChI is InChI=1S/C10H12ClN5OS/c1-5-4-6-7(13-2-3-14-10(12)17)15-9(11)16-8(6)18-5/h4H,2-3H2,1H3,(H3,12,14,17)(H,13,15,16). The average molecular weight is 286 g/mol. The molecule has 0 spiro atoms. The molecule has 0 atom stereocenters. The van der Waals surface area contributed by atoms with E-state index in [0.717, 1.165) is 15.1 Å². The van der Waals surface area contributed by atoms with Crippen LogP contribution in [0.4, 0.5) is 10.6 Å². The molecule has 0 aromatic carbocycles. The Morgan fingerprint density at radius 1 is 1.50 bits per heavy atom. The maximum atomic E-state index is 10.5. The van der Waals surface area contributed by atoms with Crippen molar-refractivity contribution in [3.8, 4) is 0 Å². The van der Waals surface area contributed by atoms with Gasteiger partial charge in [0.15, 0.2) is 0 Å². The molecule has 6 nitrogen and oxygen atoms in total. The van der Waals surface area contributed by atoms with E-state index in [-0.39, 0.29) is 5.28 Å². The second-order valence-corrected chi connectivity index (χ2v) is 5.21. The number of hydrogen-bond donors (Lipinski definition) is 3. The minimum absolute atomic E-state index is 0.203. The molecule has 96 valence electrons. The fraction of sp³-hybridized carbons (Fsp3) is 0.300. The lowest BCUT2D eigenvalue weighted by atomic mass is 10.3. The van der Waals surface area contributed by atoms with Gasteiger partial charge in [-0.05, 0) is 24.6 Å². The third-order valence-corrected chi connectivity index (χ3v) is 3.32. The van der Waals surface area contributed by atoms with Crippen LogP contribution in [-0.2, 0) is 0 Å². The molecular formula is C10H12ClN5OS. The number of urea groups is 1. The zero-order valence-corrected chi connectivity index (χ0v) is 11.2. The summed E-state index contributed by atoms with van der Waals surface area (Å²) in [4.78, 5) is 20.8. The van der Waals surface area contributed by atoms with Crippen LogP contribution in [0.15, 0.2) is 6.07 Å². The zero-order chi connectivity index (χ0) is 13.1. The quantitative estimate of drug-likeness (QED) is 0.589. The predicted octanol–water partition coefficient (Wildman–Crippen LogP) is 1.73. The van der Waals surface area contributed by atoms with Crippen molar-refractivity contribution in [3.63, 3.8) is 0 Å². The lowest BCUT2D eigenvalue weighted by molar-refractivity contribution is 0.249. The Morgan fingerprint density at radius 3 is 3.00 bits per heavy atom. The van der Waals surface area contributed by atoms with Crippen molar-refractivity contribution in [2.45, 2.75) is 6.92 Å². The molecule has 0 fully saturated rings. The number of fused-ring (bicyclic) bond motifs is 1. The van der Waals surface area contributed by atoms with E-state index in [0.29, 0.717) is 18.9 Å². The number of thiophene rings is 1. The number of nitrogens with one attached hydrogen (secondary N) is 2. The molecule has 0 saturated carbocycles. The Bertz CT molecular complexity index is 585. The summed E-state index contributed by atoms with van der Waals surface area (Å²) in [5.74, 6) is 0.667. The van der Waals surface area contributed by atoms with E-state index < -0.39 is 6.03 Å². The van der Waals surface area contributed by atoms with Gasteiger partial charge < -0.3 is 16.4 Å². The van der Waals surface area contributed by atoms with Gasteiger partial charge in [-0.25, -0.2) is 14.8 Å². The van der Waals surface area contributed by atoms with Crippen molar-refractivity contribution >= 4 is 45.0 Å². The SMILES string of the molecule is Cc1cc2c(NCCNC(N)=O)nc(Cl)nc2s1. The minimum Gasteiger partial charge on any atom is -0.368 e. The number of aryl methyl sites for hydroxylation is 1. The Labute approximate surface area is 113 Å². The van der Waals surface area contributed by atoms with Crippen LogP contribution in [0, 0.1) is 6.92 Å². The van der Waals surface area contributed by atoms with Crippen molar-refractivity contribution in [1.29, 1.82) is 0 Å². The Kier molecular flexibility index (Phi) is 3.83. The van der Waals surface area contributed by atoms with E-state index in [9.17, 15) is 4.79 Å². The van der Waals surface area contributed by atoms with Crippen LogP contribution < -0.4 is 16.4 Å². The van der Waals surface area contributed by atoms with E-state index >= 15 is 0 Å². The molecular weight excluding hydrogens is 274 g/mol. The summed E-state index contributed by atoms with van der Waals surface area (Å²) in [7, 11) is 0. The molecule has 0 aliphatic carbocycles. The molecule has 2 aromatic rings. The van der Waals surface area contributed by atoms with Gasteiger partial charge in [0, 0.05) is 18.0 Å². The topological polar surface area (TPSA) is 92.9 Å². The second kappa shape index (κ2) is 5.36. The summed E-state index contributed by atoms with van der Waals surface area (Å²) in [5, 5.41) is 6.72. The molecule has 4 N–H and O–H groups in total. The first-order valence-electron chi connectivity index (χ1n) is 5.27. The summed E-state index contributed by atoms with van der Waals surface area (Å²) in [6.07, 6.45) is 0. The predicted molar refractivity (Wildman–Crippen MR) is 73.2 cm³/mol. The van der Waals surface area contributed by atoms with Crippen molar-refractivity contribution < 1.29 is 4.79 Å². The van der Waals surface area contributed by atoms with Gasteiger partial charge in [-0.2, -0.15) is 0 Å². The third-order valence-electron chi connectivity index (χ3n) is 2.21. The Morgan fingerprint density at radius 2 is 2.28 bits per heavy atom. The molecule has 0 radical (unpaired) electrons. The van der Waals surface area contributed by atoms with Gasteiger partial charge in [0.25, 0.3) is 0 Å². The van der Waals surface area contributed by atoms with Crippen LogP contribution in [0.3, 0.4) is 0 Å². The van der Waals surface area contributed by atoms with Crippen LogP contribution in [0.1, 0.15) is 4.88 Å². The van der Waals surface area contributed by atoms with Crippen molar-refractivity contribution in [2.75, 3.05) is 18.4 Å². The number of amides is 2. The van der Waals surface area contributed by atoms with E-state index in [1.165, 1.54) is 0 Å². The number of carbonyl (C=O) groups excluding carboxylic acids is 1. The molecule has 2 aromatic heterocycles. The summed E-state index contributed by atoms with van der Waals surface area (Å²) in [5.41, 5.74) is 4.97. The summed E-state index contributed by atoms with van der Waals surface area (Å²) in [6.45, 7) is 2.93. The first-order valence-corrected chi connectivity index (χ1v) is 6.46.